The molecule has 136 valence electrons. The molecule has 1 aromatic heterocycles. The minimum absolute atomic E-state index is 0.0308. The summed E-state index contributed by atoms with van der Waals surface area (Å²) in [6, 6.07) is 10.7. The maximum Gasteiger partial charge on any atom is 0.253 e. The van der Waals surface area contributed by atoms with E-state index in [0.717, 1.165) is 32.5 Å². The summed E-state index contributed by atoms with van der Waals surface area (Å²) in [5.41, 5.74) is 3.85. The second kappa shape index (κ2) is 7.16. The lowest BCUT2D eigenvalue weighted by Crippen LogP contribution is -2.54. The smallest absolute Gasteiger partial charge is 0.253 e. The van der Waals surface area contributed by atoms with Crippen molar-refractivity contribution in [3.8, 4) is 0 Å². The van der Waals surface area contributed by atoms with Gasteiger partial charge in [0.1, 0.15) is 0 Å². The number of hydrogen-bond donors (Lipinski definition) is 1. The van der Waals surface area contributed by atoms with E-state index in [4.69, 9.17) is 0 Å². The van der Waals surface area contributed by atoms with Crippen LogP contribution in [-0.2, 0) is 6.54 Å². The Morgan fingerprint density at radius 3 is 2.65 bits per heavy atom. The number of carbonyl (C=O) groups is 1. The summed E-state index contributed by atoms with van der Waals surface area (Å²) in [7, 11) is 0. The molecule has 0 unspecified atom stereocenters. The fourth-order valence-corrected chi connectivity index (χ4v) is 4.40. The third kappa shape index (κ3) is 3.63. The molecule has 1 aromatic carbocycles. The lowest BCUT2D eigenvalue weighted by molar-refractivity contribution is 0.00463. The van der Waals surface area contributed by atoms with Gasteiger partial charge in [-0.2, -0.15) is 10.2 Å². The van der Waals surface area contributed by atoms with Crippen molar-refractivity contribution < 1.29 is 4.79 Å². The largest absolute Gasteiger partial charge is 0.349 e. The Labute approximate surface area is 154 Å². The van der Waals surface area contributed by atoms with E-state index >= 15 is 0 Å². The number of piperidine rings is 1. The molecule has 26 heavy (non-hydrogen) atoms. The van der Waals surface area contributed by atoms with E-state index in [-0.39, 0.29) is 5.91 Å². The zero-order valence-electron chi connectivity index (χ0n) is 15.3. The Hall–Kier alpha value is -2.27. The van der Waals surface area contributed by atoms with Gasteiger partial charge in [-0.25, -0.2) is 0 Å². The summed E-state index contributed by atoms with van der Waals surface area (Å²) in [4.78, 5) is 14.8. The number of rotatable bonds is 4. The molecule has 0 radical (unpaired) electrons. The first-order valence-electron chi connectivity index (χ1n) is 9.48. The Morgan fingerprint density at radius 2 is 1.96 bits per heavy atom. The number of nitrogens with zero attached hydrogens (tertiary/aromatic N) is 3. The van der Waals surface area contributed by atoms with Crippen LogP contribution < -0.4 is 5.32 Å². The first kappa shape index (κ1) is 17.2. The summed E-state index contributed by atoms with van der Waals surface area (Å²) < 4.78 is 0. The number of hydrogen-bond acceptors (Lipinski definition) is 4. The molecular formula is C21H26N4O. The highest BCUT2D eigenvalue weighted by Crippen LogP contribution is 2.49. The number of aromatic nitrogens is 2. The van der Waals surface area contributed by atoms with Gasteiger partial charge in [-0.1, -0.05) is 24.3 Å². The van der Waals surface area contributed by atoms with Crippen LogP contribution in [0.15, 0.2) is 42.7 Å². The molecule has 5 heteroatoms. The lowest BCUT2D eigenvalue weighted by atomic mass is 9.60. The molecule has 2 heterocycles. The molecule has 4 rings (SSSR count). The highest BCUT2D eigenvalue weighted by Gasteiger charge is 2.46. The van der Waals surface area contributed by atoms with Crippen LogP contribution in [-0.4, -0.2) is 40.1 Å². The van der Waals surface area contributed by atoms with Crippen LogP contribution in [0, 0.1) is 12.3 Å². The number of carbonyl (C=O) groups excluding carboxylic acids is 1. The van der Waals surface area contributed by atoms with Gasteiger partial charge in [0.25, 0.3) is 5.91 Å². The number of likely N-dealkylation sites (tertiary alicyclic amines) is 1. The van der Waals surface area contributed by atoms with Gasteiger partial charge in [-0.15, -0.1) is 0 Å². The van der Waals surface area contributed by atoms with E-state index in [1.54, 1.807) is 12.3 Å². The van der Waals surface area contributed by atoms with E-state index in [0.29, 0.717) is 17.0 Å². The summed E-state index contributed by atoms with van der Waals surface area (Å²) in [5, 5.41) is 10.6. The molecule has 1 aliphatic heterocycles. The van der Waals surface area contributed by atoms with Gasteiger partial charge in [0, 0.05) is 12.6 Å². The van der Waals surface area contributed by atoms with Gasteiger partial charge in [-0.05, 0) is 68.3 Å². The third-order valence-electron chi connectivity index (χ3n) is 6.11. The third-order valence-corrected chi connectivity index (χ3v) is 6.11. The lowest BCUT2D eigenvalue weighted by Gasteiger charge is -2.52. The molecule has 1 aliphatic carbocycles. The van der Waals surface area contributed by atoms with Crippen molar-refractivity contribution in [2.24, 2.45) is 5.41 Å². The van der Waals surface area contributed by atoms with Gasteiger partial charge in [0.15, 0.2) is 0 Å². The molecule has 0 atom stereocenters. The van der Waals surface area contributed by atoms with Crippen LogP contribution in [0.3, 0.4) is 0 Å². The number of nitrogens with one attached hydrogen (secondary N) is 1. The molecule has 1 saturated heterocycles. The van der Waals surface area contributed by atoms with Crippen LogP contribution in [0.25, 0.3) is 0 Å². The molecule has 2 aromatic rings. The van der Waals surface area contributed by atoms with Gasteiger partial charge >= 0.3 is 0 Å². The second-order valence-electron chi connectivity index (χ2n) is 7.91. The molecule has 5 nitrogen and oxygen atoms in total. The van der Waals surface area contributed by atoms with E-state index in [2.05, 4.69) is 51.6 Å². The highest BCUT2D eigenvalue weighted by molar-refractivity contribution is 5.94. The Kier molecular flexibility index (Phi) is 4.72. The summed E-state index contributed by atoms with van der Waals surface area (Å²) in [6.45, 7) is 5.56. The number of amides is 1. The second-order valence-corrected chi connectivity index (χ2v) is 7.91. The SMILES string of the molecule is Cc1ccccc1CN1CCC2(CC1)CC(NC(=O)c1ccnnc1)C2. The first-order valence-corrected chi connectivity index (χ1v) is 9.48. The average Bonchev–Trinajstić information content (AvgIpc) is 2.64. The van der Waals surface area contributed by atoms with E-state index in [1.807, 2.05) is 0 Å². The van der Waals surface area contributed by atoms with Crippen molar-refractivity contribution in [2.75, 3.05) is 13.1 Å². The maximum absolute atomic E-state index is 12.2. The van der Waals surface area contributed by atoms with Gasteiger partial charge in [0.2, 0.25) is 0 Å². The van der Waals surface area contributed by atoms with Crippen LogP contribution in [0.4, 0.5) is 0 Å². The van der Waals surface area contributed by atoms with Crippen molar-refractivity contribution in [1.29, 1.82) is 0 Å². The van der Waals surface area contributed by atoms with E-state index < -0.39 is 0 Å². The molecule has 1 saturated carbocycles. The molecule has 2 fully saturated rings. The average molecular weight is 350 g/mol. The molecular weight excluding hydrogens is 324 g/mol. The quantitative estimate of drug-likeness (QED) is 0.921. The fourth-order valence-electron chi connectivity index (χ4n) is 4.40. The molecule has 0 bridgehead atoms. The summed E-state index contributed by atoms with van der Waals surface area (Å²) in [5.74, 6) is -0.0308. The first-order chi connectivity index (χ1) is 12.6. The van der Waals surface area contributed by atoms with Gasteiger partial charge in [0.05, 0.1) is 18.0 Å². The van der Waals surface area contributed by atoms with Crippen LogP contribution in [0.1, 0.15) is 47.2 Å². The molecule has 1 N–H and O–H groups in total. The predicted octanol–water partition coefficient (Wildman–Crippen LogP) is 2.96. The molecule has 1 spiro atoms. The maximum atomic E-state index is 12.2. The molecule has 2 aliphatic rings. The van der Waals surface area contributed by atoms with Crippen molar-refractivity contribution >= 4 is 5.91 Å². The van der Waals surface area contributed by atoms with E-state index in [9.17, 15) is 4.79 Å². The monoisotopic (exact) mass is 350 g/mol. The highest BCUT2D eigenvalue weighted by atomic mass is 16.1. The number of aryl methyl sites for hydroxylation is 1. The van der Waals surface area contributed by atoms with Crippen molar-refractivity contribution in [2.45, 2.75) is 45.2 Å². The summed E-state index contributed by atoms with van der Waals surface area (Å²) >= 11 is 0. The Balaban J connectivity index is 1.25. The minimum Gasteiger partial charge on any atom is -0.349 e. The van der Waals surface area contributed by atoms with Crippen LogP contribution in [0.2, 0.25) is 0 Å². The van der Waals surface area contributed by atoms with Crippen LogP contribution in [0.5, 0.6) is 0 Å². The van der Waals surface area contributed by atoms with Crippen molar-refractivity contribution in [1.82, 2.24) is 20.4 Å². The van der Waals surface area contributed by atoms with Gasteiger partial charge in [-0.3, -0.25) is 9.69 Å². The zero-order valence-corrected chi connectivity index (χ0v) is 15.3. The minimum atomic E-state index is -0.0308. The van der Waals surface area contributed by atoms with E-state index in [1.165, 1.54) is 30.2 Å². The zero-order chi connectivity index (χ0) is 18.0. The fraction of sp³-hybridized carbons (Fsp3) is 0.476. The van der Waals surface area contributed by atoms with Gasteiger partial charge < -0.3 is 5.32 Å². The van der Waals surface area contributed by atoms with Crippen molar-refractivity contribution in [3.63, 3.8) is 0 Å². The van der Waals surface area contributed by atoms with Crippen LogP contribution >= 0.6 is 0 Å². The standard InChI is InChI=1S/C21H26N4O/c1-16-4-2-3-5-18(16)15-25-10-7-21(8-11-25)12-19(13-21)24-20(26)17-6-9-22-23-14-17/h2-6,9,14,19H,7-8,10-13,15H2,1H3,(H,24,26). The summed E-state index contributed by atoms with van der Waals surface area (Å²) in [6.07, 6.45) is 7.77. The topological polar surface area (TPSA) is 58.1 Å². The normalized spacial score (nSPS) is 19.9. The Morgan fingerprint density at radius 1 is 1.19 bits per heavy atom. The van der Waals surface area contributed by atoms with Crippen molar-refractivity contribution in [3.05, 3.63) is 59.4 Å². The predicted molar refractivity (Wildman–Crippen MR) is 101 cm³/mol. The Bertz CT molecular complexity index is 761. The number of benzene rings is 1. The molecule has 1 amide bonds.